The molecule has 0 rings (SSSR count). The van der Waals surface area contributed by atoms with Gasteiger partial charge in [0.15, 0.2) is 12.2 Å². The number of aliphatic hydroxyl groups is 1. The minimum absolute atomic E-state index is 0.0709. The zero-order valence-corrected chi connectivity index (χ0v) is 63.2. The van der Waals surface area contributed by atoms with Crippen LogP contribution in [0.1, 0.15) is 310 Å². The van der Waals surface area contributed by atoms with Crippen molar-refractivity contribution in [1.29, 1.82) is 0 Å². The van der Waals surface area contributed by atoms with E-state index in [1.807, 2.05) is 0 Å². The lowest BCUT2D eigenvalue weighted by atomic mass is 10.1. The van der Waals surface area contributed by atoms with E-state index in [9.17, 15) is 43.2 Å². The van der Waals surface area contributed by atoms with Gasteiger partial charge in [0.1, 0.15) is 19.3 Å². The topological polar surface area (TPSA) is 237 Å². The van der Waals surface area contributed by atoms with Gasteiger partial charge in [0.25, 0.3) is 0 Å². The van der Waals surface area contributed by atoms with Gasteiger partial charge in [0.2, 0.25) is 0 Å². The Morgan fingerprint density at radius 3 is 0.898 bits per heavy atom. The van der Waals surface area contributed by atoms with Crippen LogP contribution in [0.25, 0.3) is 0 Å². The first kappa shape index (κ1) is 93.7. The number of carbonyl (C=O) groups is 4. The molecule has 0 spiro atoms. The van der Waals surface area contributed by atoms with Crippen molar-refractivity contribution in [2.75, 3.05) is 39.6 Å². The summed E-state index contributed by atoms with van der Waals surface area (Å²) in [5.74, 6) is -2.23. The molecule has 0 aliphatic heterocycles. The summed E-state index contributed by atoms with van der Waals surface area (Å²) in [7, 11) is -9.96. The van der Waals surface area contributed by atoms with Gasteiger partial charge in [-0.3, -0.25) is 37.3 Å². The van der Waals surface area contributed by atoms with Gasteiger partial charge < -0.3 is 33.8 Å². The Balaban J connectivity index is 5.35. The van der Waals surface area contributed by atoms with Crippen molar-refractivity contribution in [2.24, 2.45) is 0 Å². The lowest BCUT2D eigenvalue weighted by Crippen LogP contribution is -2.30. The van der Waals surface area contributed by atoms with Crippen molar-refractivity contribution in [3.05, 3.63) is 109 Å². The number of unbranched alkanes of at least 4 members (excludes halogenated alkanes) is 27. The average molecular weight is 1420 g/mol. The normalized spacial score (nSPS) is 14.6. The molecule has 5 atom stereocenters. The molecule has 0 heterocycles. The third kappa shape index (κ3) is 70.2. The standard InChI is InChI=1S/C79H136O17P2/c1-5-9-13-17-21-25-29-32-34-35-36-37-39-41-45-48-52-56-60-64-77(82)90-70-75(96-79(84)66-62-58-54-50-46-42-38-33-30-26-22-18-14-10-6-2)72-94-98(87,88)92-68-73(80)67-91-97(85,86)93-71-74(95-78(83)65-61-57-53-49-43-28-24-20-16-12-8-4)69-89-76(81)63-59-55-51-47-44-40-31-27-23-19-15-11-7-3/h10,14-15,19-22,24-27,31-34,36-38,73-75,80H,5-9,11-13,16-18,23,28-30,35,39-72H2,1-4H3,(H,85,86)(H,87,88)/b14-10-,19-15-,24-20-,25-21-,26-22-,31-27-,34-32-,37-36-,38-33-. The van der Waals surface area contributed by atoms with Crippen LogP contribution in [-0.2, 0) is 65.4 Å². The molecular weight excluding hydrogens is 1280 g/mol. The number of rotatable bonds is 71. The number of phosphoric ester groups is 2. The van der Waals surface area contributed by atoms with Crippen molar-refractivity contribution in [1.82, 2.24) is 0 Å². The third-order valence-corrected chi connectivity index (χ3v) is 17.6. The van der Waals surface area contributed by atoms with E-state index in [0.29, 0.717) is 25.7 Å². The smallest absolute Gasteiger partial charge is 0.462 e. The van der Waals surface area contributed by atoms with E-state index in [4.69, 9.17) is 37.0 Å². The number of hydrogen-bond donors (Lipinski definition) is 3. The summed E-state index contributed by atoms with van der Waals surface area (Å²) >= 11 is 0. The highest BCUT2D eigenvalue weighted by atomic mass is 31.2. The lowest BCUT2D eigenvalue weighted by Gasteiger charge is -2.21. The molecule has 0 saturated carbocycles. The van der Waals surface area contributed by atoms with E-state index < -0.39 is 97.5 Å². The highest BCUT2D eigenvalue weighted by Gasteiger charge is 2.30. The molecular formula is C79H136O17P2. The van der Waals surface area contributed by atoms with E-state index >= 15 is 0 Å². The Kier molecular flexibility index (Phi) is 68.0. The monoisotopic (exact) mass is 1420 g/mol. The minimum Gasteiger partial charge on any atom is -0.462 e. The molecule has 564 valence electrons. The van der Waals surface area contributed by atoms with Gasteiger partial charge >= 0.3 is 39.5 Å². The average Bonchev–Trinajstić information content (AvgIpc) is 1.06. The second kappa shape index (κ2) is 71.1. The molecule has 0 aliphatic rings. The Bertz CT molecular complexity index is 2290. The van der Waals surface area contributed by atoms with Gasteiger partial charge in [0.05, 0.1) is 26.4 Å². The summed E-state index contributed by atoms with van der Waals surface area (Å²) in [5, 5.41) is 10.6. The zero-order valence-electron chi connectivity index (χ0n) is 61.4. The van der Waals surface area contributed by atoms with E-state index in [1.54, 1.807) is 0 Å². The molecule has 19 heteroatoms. The van der Waals surface area contributed by atoms with Crippen LogP contribution in [0.4, 0.5) is 0 Å². The number of aliphatic hydroxyl groups excluding tert-OH is 1. The first-order valence-electron chi connectivity index (χ1n) is 38.1. The van der Waals surface area contributed by atoms with Crippen molar-refractivity contribution in [3.8, 4) is 0 Å². The SMILES string of the molecule is CC/C=C\C/C=C\C/C=C\CCCCCCCC(=O)OC(COC(=O)CCCCCCCC/C=C\C/C=C\C/C=C\CCCCC)COP(=O)(O)OCC(O)COP(=O)(O)OCC(COC(=O)CCCCCCC/C=C\C/C=C\CCC)OC(=O)CCCCCCC/C=C\CCCC. The van der Waals surface area contributed by atoms with Gasteiger partial charge in [-0.2, -0.15) is 0 Å². The first-order valence-corrected chi connectivity index (χ1v) is 41.1. The Hall–Kier alpha value is -4.28. The van der Waals surface area contributed by atoms with Crippen LogP contribution < -0.4 is 0 Å². The fraction of sp³-hybridized carbons (Fsp3) is 0.722. The molecule has 0 aromatic rings. The van der Waals surface area contributed by atoms with E-state index in [0.717, 1.165) is 199 Å². The molecule has 0 aromatic carbocycles. The number of esters is 4. The number of carbonyl (C=O) groups excluding carboxylic acids is 4. The molecule has 0 bridgehead atoms. The maximum atomic E-state index is 13.1. The van der Waals surface area contributed by atoms with Crippen molar-refractivity contribution < 1.29 is 80.2 Å². The van der Waals surface area contributed by atoms with Crippen LogP contribution in [0, 0.1) is 0 Å². The molecule has 98 heavy (non-hydrogen) atoms. The van der Waals surface area contributed by atoms with Gasteiger partial charge in [-0.15, -0.1) is 0 Å². The number of phosphoric acid groups is 2. The van der Waals surface area contributed by atoms with Crippen LogP contribution in [0.2, 0.25) is 0 Å². The summed E-state index contributed by atoms with van der Waals surface area (Å²) < 4.78 is 68.4. The highest BCUT2D eigenvalue weighted by Crippen LogP contribution is 2.45. The zero-order chi connectivity index (χ0) is 71.8. The fourth-order valence-electron chi connectivity index (χ4n) is 9.85. The molecule has 0 radical (unpaired) electrons. The predicted molar refractivity (Wildman–Crippen MR) is 399 cm³/mol. The molecule has 5 unspecified atom stereocenters. The molecule has 0 saturated heterocycles. The Labute approximate surface area is 594 Å². The summed E-state index contributed by atoms with van der Waals surface area (Å²) in [4.78, 5) is 72.8. The minimum atomic E-state index is -4.98. The van der Waals surface area contributed by atoms with Gasteiger partial charge in [0, 0.05) is 25.7 Å². The van der Waals surface area contributed by atoms with Crippen molar-refractivity contribution in [2.45, 2.75) is 329 Å². The maximum Gasteiger partial charge on any atom is 0.472 e. The molecule has 0 aliphatic carbocycles. The predicted octanol–water partition coefficient (Wildman–Crippen LogP) is 21.8. The van der Waals surface area contributed by atoms with Crippen LogP contribution in [0.15, 0.2) is 109 Å². The second-order valence-electron chi connectivity index (χ2n) is 25.2. The number of hydrogen-bond acceptors (Lipinski definition) is 15. The number of allylic oxidation sites excluding steroid dienone is 18. The van der Waals surface area contributed by atoms with E-state index in [2.05, 4.69) is 137 Å². The van der Waals surface area contributed by atoms with Crippen molar-refractivity contribution >= 4 is 39.5 Å². The van der Waals surface area contributed by atoms with E-state index in [-0.39, 0.29) is 25.7 Å². The quantitative estimate of drug-likeness (QED) is 0.0169. The largest absolute Gasteiger partial charge is 0.472 e. The molecule has 0 amide bonds. The Morgan fingerprint density at radius 2 is 0.561 bits per heavy atom. The fourth-order valence-corrected chi connectivity index (χ4v) is 11.4. The Morgan fingerprint density at radius 1 is 0.296 bits per heavy atom. The maximum absolute atomic E-state index is 13.1. The summed E-state index contributed by atoms with van der Waals surface area (Å²) in [6, 6.07) is 0. The molecule has 17 nitrogen and oxygen atoms in total. The van der Waals surface area contributed by atoms with Gasteiger partial charge in [-0.1, -0.05) is 253 Å². The van der Waals surface area contributed by atoms with Crippen LogP contribution in [0.3, 0.4) is 0 Å². The highest BCUT2D eigenvalue weighted by molar-refractivity contribution is 7.47. The first-order chi connectivity index (χ1) is 47.7. The lowest BCUT2D eigenvalue weighted by molar-refractivity contribution is -0.161. The van der Waals surface area contributed by atoms with E-state index in [1.165, 1.54) is 32.1 Å². The third-order valence-electron chi connectivity index (χ3n) is 15.7. The molecule has 0 aromatic heterocycles. The summed E-state index contributed by atoms with van der Waals surface area (Å²) in [6.07, 6.45) is 75.1. The van der Waals surface area contributed by atoms with Gasteiger partial charge in [-0.05, 0) is 141 Å². The second-order valence-corrected chi connectivity index (χ2v) is 28.1. The van der Waals surface area contributed by atoms with Crippen molar-refractivity contribution in [3.63, 3.8) is 0 Å². The molecule has 3 N–H and O–H groups in total. The molecule has 0 fully saturated rings. The van der Waals surface area contributed by atoms with Crippen LogP contribution in [-0.4, -0.2) is 96.7 Å². The van der Waals surface area contributed by atoms with Crippen LogP contribution in [0.5, 0.6) is 0 Å². The van der Waals surface area contributed by atoms with Crippen LogP contribution >= 0.6 is 15.6 Å². The summed E-state index contributed by atoms with van der Waals surface area (Å²) in [5.41, 5.74) is 0. The summed E-state index contributed by atoms with van der Waals surface area (Å²) in [6.45, 7) is 4.57. The van der Waals surface area contributed by atoms with Gasteiger partial charge in [-0.25, -0.2) is 9.13 Å². The number of ether oxygens (including phenoxy) is 4.